The number of amides is 1. The Kier molecular flexibility index (Phi) is 5.68. The number of aryl methyl sites for hydroxylation is 2. The van der Waals surface area contributed by atoms with Crippen LogP contribution < -0.4 is 5.32 Å². The maximum absolute atomic E-state index is 12.8. The van der Waals surface area contributed by atoms with Crippen LogP contribution in [0.1, 0.15) is 39.0 Å². The first-order chi connectivity index (χ1) is 15.0. The van der Waals surface area contributed by atoms with Crippen LogP contribution in [0.2, 0.25) is 0 Å². The van der Waals surface area contributed by atoms with Crippen molar-refractivity contribution in [3.05, 3.63) is 70.7 Å². The third-order valence-electron chi connectivity index (χ3n) is 4.52. The largest absolute Gasteiger partial charge is 0.464 e. The molecule has 0 spiro atoms. The van der Waals surface area contributed by atoms with Gasteiger partial charge in [0.15, 0.2) is 5.82 Å². The molecular formula is C22H20N4O4S. The molecule has 158 valence electrons. The van der Waals surface area contributed by atoms with Gasteiger partial charge in [0.2, 0.25) is 0 Å². The number of carbonyl (C=O) groups is 2. The fraction of sp³-hybridized carbons (Fsp3) is 0.182. The molecule has 0 aliphatic rings. The Morgan fingerprint density at radius 1 is 1.26 bits per heavy atom. The summed E-state index contributed by atoms with van der Waals surface area (Å²) >= 11 is 1.23. The molecule has 9 heteroatoms. The molecule has 4 heterocycles. The smallest absolute Gasteiger partial charge is 0.341 e. The standard InChI is InChI=1S/C22H20N4O4S/c1-4-29-22(28)19-16(17-6-5-9-30-17)12-31-21(19)24-20(27)15-7-8-18(23-11-15)26-14(3)10-13(2)25-26/h5-12H,4H2,1-3H3,(H,24,27). The molecule has 0 radical (unpaired) electrons. The lowest BCUT2D eigenvalue weighted by atomic mass is 10.1. The fourth-order valence-corrected chi connectivity index (χ4v) is 4.08. The Hall–Kier alpha value is -3.72. The number of nitrogens with zero attached hydrogens (tertiary/aromatic N) is 3. The molecule has 31 heavy (non-hydrogen) atoms. The lowest BCUT2D eigenvalue weighted by Crippen LogP contribution is -2.15. The normalized spacial score (nSPS) is 10.8. The highest BCUT2D eigenvalue weighted by Gasteiger charge is 2.24. The predicted molar refractivity (Wildman–Crippen MR) is 117 cm³/mol. The quantitative estimate of drug-likeness (QED) is 0.442. The van der Waals surface area contributed by atoms with Gasteiger partial charge in [-0.2, -0.15) is 5.10 Å². The van der Waals surface area contributed by atoms with E-state index >= 15 is 0 Å². The van der Waals surface area contributed by atoms with Crippen molar-refractivity contribution < 1.29 is 18.7 Å². The zero-order valence-electron chi connectivity index (χ0n) is 17.2. The molecule has 0 fully saturated rings. The molecule has 0 bridgehead atoms. The van der Waals surface area contributed by atoms with Crippen molar-refractivity contribution in [2.45, 2.75) is 20.8 Å². The van der Waals surface area contributed by atoms with Gasteiger partial charge in [-0.05, 0) is 51.1 Å². The summed E-state index contributed by atoms with van der Waals surface area (Å²) < 4.78 is 12.3. The average molecular weight is 436 g/mol. The minimum Gasteiger partial charge on any atom is -0.464 e. The molecule has 0 aromatic carbocycles. The van der Waals surface area contributed by atoms with Crippen LogP contribution in [-0.2, 0) is 4.74 Å². The van der Waals surface area contributed by atoms with Crippen molar-refractivity contribution >= 4 is 28.2 Å². The van der Waals surface area contributed by atoms with Crippen molar-refractivity contribution in [2.75, 3.05) is 11.9 Å². The summed E-state index contributed by atoms with van der Waals surface area (Å²) in [6, 6.07) is 8.82. The summed E-state index contributed by atoms with van der Waals surface area (Å²) in [7, 11) is 0. The van der Waals surface area contributed by atoms with Crippen molar-refractivity contribution in [2.24, 2.45) is 0 Å². The summed E-state index contributed by atoms with van der Waals surface area (Å²) in [5, 5.41) is 9.33. The van der Waals surface area contributed by atoms with Gasteiger partial charge >= 0.3 is 5.97 Å². The number of aromatic nitrogens is 3. The van der Waals surface area contributed by atoms with E-state index in [9.17, 15) is 9.59 Å². The SMILES string of the molecule is CCOC(=O)c1c(-c2ccco2)csc1NC(=O)c1ccc(-n2nc(C)cc2C)nc1. The van der Waals surface area contributed by atoms with Crippen molar-refractivity contribution in [3.8, 4) is 17.1 Å². The second kappa shape index (κ2) is 8.57. The van der Waals surface area contributed by atoms with E-state index in [1.54, 1.807) is 41.3 Å². The number of thiophene rings is 1. The molecule has 0 saturated heterocycles. The van der Waals surface area contributed by atoms with Gasteiger partial charge in [0.05, 0.1) is 24.1 Å². The van der Waals surface area contributed by atoms with E-state index in [2.05, 4.69) is 15.4 Å². The highest BCUT2D eigenvalue weighted by molar-refractivity contribution is 7.15. The number of ether oxygens (including phenoxy) is 1. The van der Waals surface area contributed by atoms with Gasteiger partial charge in [-0.3, -0.25) is 4.79 Å². The van der Waals surface area contributed by atoms with Gasteiger partial charge < -0.3 is 14.5 Å². The van der Waals surface area contributed by atoms with Crippen LogP contribution in [0, 0.1) is 13.8 Å². The number of pyridine rings is 1. The summed E-state index contributed by atoms with van der Waals surface area (Å²) in [6.07, 6.45) is 3.00. The first-order valence-corrected chi connectivity index (χ1v) is 10.5. The molecule has 4 aromatic rings. The van der Waals surface area contributed by atoms with E-state index in [-0.39, 0.29) is 18.1 Å². The van der Waals surface area contributed by atoms with Gasteiger partial charge in [0.25, 0.3) is 5.91 Å². The van der Waals surface area contributed by atoms with E-state index in [0.717, 1.165) is 11.4 Å². The van der Waals surface area contributed by atoms with Gasteiger partial charge in [0.1, 0.15) is 16.3 Å². The van der Waals surface area contributed by atoms with Crippen molar-refractivity contribution in [1.29, 1.82) is 0 Å². The van der Waals surface area contributed by atoms with Gasteiger partial charge in [-0.15, -0.1) is 11.3 Å². The summed E-state index contributed by atoms with van der Waals surface area (Å²) in [4.78, 5) is 29.7. The molecule has 4 rings (SSSR count). The number of anilines is 1. The monoisotopic (exact) mass is 436 g/mol. The molecule has 0 saturated carbocycles. The lowest BCUT2D eigenvalue weighted by molar-refractivity contribution is 0.0529. The van der Waals surface area contributed by atoms with E-state index in [1.165, 1.54) is 23.8 Å². The van der Waals surface area contributed by atoms with Gasteiger partial charge in [-0.1, -0.05) is 0 Å². The van der Waals surface area contributed by atoms with E-state index in [0.29, 0.717) is 27.7 Å². The number of furan rings is 1. The number of nitrogens with one attached hydrogen (secondary N) is 1. The Bertz CT molecular complexity index is 1220. The number of rotatable bonds is 6. The lowest BCUT2D eigenvalue weighted by Gasteiger charge is -2.08. The molecule has 0 atom stereocenters. The second-order valence-corrected chi connectivity index (χ2v) is 7.63. The topological polar surface area (TPSA) is 99.2 Å². The highest BCUT2D eigenvalue weighted by atomic mass is 32.1. The number of hydrogen-bond acceptors (Lipinski definition) is 7. The zero-order chi connectivity index (χ0) is 22.0. The summed E-state index contributed by atoms with van der Waals surface area (Å²) in [5.74, 6) is 0.232. The first-order valence-electron chi connectivity index (χ1n) is 9.61. The number of hydrogen-bond donors (Lipinski definition) is 1. The Morgan fingerprint density at radius 2 is 2.10 bits per heavy atom. The van der Waals surface area contributed by atoms with Crippen LogP contribution in [0.3, 0.4) is 0 Å². The van der Waals surface area contributed by atoms with Crippen molar-refractivity contribution in [3.63, 3.8) is 0 Å². The first kappa shape index (κ1) is 20.5. The maximum atomic E-state index is 12.8. The van der Waals surface area contributed by atoms with Crippen LogP contribution in [0.15, 0.2) is 52.6 Å². The van der Waals surface area contributed by atoms with Crippen LogP contribution in [-0.4, -0.2) is 33.2 Å². The van der Waals surface area contributed by atoms with Crippen LogP contribution in [0.25, 0.3) is 17.1 Å². The predicted octanol–water partition coefficient (Wildman–Crippen LogP) is 4.63. The zero-order valence-corrected chi connectivity index (χ0v) is 18.0. The Morgan fingerprint density at radius 3 is 2.71 bits per heavy atom. The van der Waals surface area contributed by atoms with Gasteiger partial charge in [-0.25, -0.2) is 14.5 Å². The molecule has 8 nitrogen and oxygen atoms in total. The van der Waals surface area contributed by atoms with E-state index in [1.807, 2.05) is 19.9 Å². The third-order valence-corrected chi connectivity index (χ3v) is 5.42. The van der Waals surface area contributed by atoms with Crippen molar-refractivity contribution in [1.82, 2.24) is 14.8 Å². The molecule has 1 amide bonds. The summed E-state index contributed by atoms with van der Waals surface area (Å²) in [6.45, 7) is 5.79. The fourth-order valence-electron chi connectivity index (χ4n) is 3.15. The molecule has 0 aliphatic heterocycles. The van der Waals surface area contributed by atoms with E-state index in [4.69, 9.17) is 9.15 Å². The second-order valence-electron chi connectivity index (χ2n) is 6.75. The maximum Gasteiger partial charge on any atom is 0.341 e. The molecule has 0 aliphatic carbocycles. The molecule has 0 unspecified atom stereocenters. The van der Waals surface area contributed by atoms with Gasteiger partial charge in [0, 0.05) is 22.8 Å². The highest BCUT2D eigenvalue weighted by Crippen LogP contribution is 2.36. The minimum atomic E-state index is -0.525. The number of carbonyl (C=O) groups excluding carboxylic acids is 2. The summed E-state index contributed by atoms with van der Waals surface area (Å²) in [5.41, 5.74) is 3.03. The van der Waals surface area contributed by atoms with Crippen LogP contribution >= 0.6 is 11.3 Å². The van der Waals surface area contributed by atoms with E-state index < -0.39 is 5.97 Å². The molecule has 4 aromatic heterocycles. The molecular weight excluding hydrogens is 416 g/mol. The van der Waals surface area contributed by atoms with Crippen LogP contribution in [0.5, 0.6) is 0 Å². The minimum absolute atomic E-state index is 0.220. The number of esters is 1. The van der Waals surface area contributed by atoms with Crippen LogP contribution in [0.4, 0.5) is 5.00 Å². The average Bonchev–Trinajstić information content (AvgIpc) is 3.48. The molecule has 1 N–H and O–H groups in total. The Balaban J connectivity index is 1.60. The third kappa shape index (κ3) is 4.13. The Labute approximate surface area is 182 Å².